The Bertz CT molecular complexity index is 828. The van der Waals surface area contributed by atoms with E-state index in [1.54, 1.807) is 0 Å². The van der Waals surface area contributed by atoms with Crippen LogP contribution in [-0.4, -0.2) is 23.1 Å². The van der Waals surface area contributed by atoms with E-state index in [4.69, 9.17) is 9.84 Å². The SMILES string of the molecule is CCCCC/C=C\C/C=C\CCCC/C=C\CCCCCCCC(=O)OC(C)CCCCCCCCCCCCCCCCCCCCCC(=O)O. The highest BCUT2D eigenvalue weighted by molar-refractivity contribution is 5.69. The van der Waals surface area contributed by atoms with Crippen molar-refractivity contribution in [2.45, 2.75) is 258 Å². The minimum atomic E-state index is -0.660. The first-order valence-electron chi connectivity index (χ1n) is 22.9. The molecule has 0 aliphatic rings. The van der Waals surface area contributed by atoms with Crippen LogP contribution in [0, 0.1) is 0 Å². The van der Waals surface area contributed by atoms with E-state index < -0.39 is 5.97 Å². The van der Waals surface area contributed by atoms with Crippen LogP contribution in [0.4, 0.5) is 0 Å². The number of esters is 1. The summed E-state index contributed by atoms with van der Waals surface area (Å²) in [6, 6.07) is 0. The van der Waals surface area contributed by atoms with Crippen molar-refractivity contribution < 1.29 is 19.4 Å². The maximum atomic E-state index is 12.2. The summed E-state index contributed by atoms with van der Waals surface area (Å²) in [5, 5.41) is 8.66. The number of hydrogen-bond acceptors (Lipinski definition) is 3. The van der Waals surface area contributed by atoms with E-state index >= 15 is 0 Å². The van der Waals surface area contributed by atoms with Gasteiger partial charge in [-0.25, -0.2) is 0 Å². The van der Waals surface area contributed by atoms with Crippen molar-refractivity contribution in [1.29, 1.82) is 0 Å². The van der Waals surface area contributed by atoms with Crippen molar-refractivity contribution in [3.05, 3.63) is 36.5 Å². The molecule has 0 heterocycles. The van der Waals surface area contributed by atoms with Gasteiger partial charge in [0.05, 0.1) is 6.10 Å². The van der Waals surface area contributed by atoms with Crippen molar-refractivity contribution in [3.63, 3.8) is 0 Å². The van der Waals surface area contributed by atoms with Crippen LogP contribution in [0.25, 0.3) is 0 Å². The van der Waals surface area contributed by atoms with Gasteiger partial charge in [-0.1, -0.05) is 185 Å². The molecular weight excluding hydrogens is 641 g/mol. The second-order valence-electron chi connectivity index (χ2n) is 15.7. The molecule has 0 aromatic carbocycles. The van der Waals surface area contributed by atoms with E-state index in [0.29, 0.717) is 12.8 Å². The lowest BCUT2D eigenvalue weighted by atomic mass is 10.0. The Labute approximate surface area is 324 Å². The molecule has 0 amide bonds. The standard InChI is InChI=1S/C48H88O4/c1-3-4-5-6-7-8-9-10-11-12-13-14-18-21-24-27-30-33-36-39-42-45-48(51)52-46(2)43-40-37-34-31-28-25-22-19-16-15-17-20-23-26-29-32-35-38-41-44-47(49)50/h7-8,10-11,21,24,46H,3-6,9,12-20,22-23,25-45H2,1-2H3,(H,49,50)/b8-7-,11-10-,24-21-. The number of aliphatic carboxylic acids is 1. The Balaban J connectivity index is 3.33. The Morgan fingerprint density at radius 1 is 0.442 bits per heavy atom. The zero-order chi connectivity index (χ0) is 37.8. The highest BCUT2D eigenvalue weighted by Crippen LogP contribution is 2.16. The molecule has 0 aliphatic heterocycles. The molecule has 0 spiro atoms. The Hall–Kier alpha value is -1.84. The smallest absolute Gasteiger partial charge is 0.306 e. The highest BCUT2D eigenvalue weighted by atomic mass is 16.5. The van der Waals surface area contributed by atoms with Gasteiger partial charge in [0, 0.05) is 12.8 Å². The van der Waals surface area contributed by atoms with Gasteiger partial charge >= 0.3 is 11.9 Å². The van der Waals surface area contributed by atoms with Gasteiger partial charge in [-0.2, -0.15) is 0 Å². The number of ether oxygens (including phenoxy) is 1. The van der Waals surface area contributed by atoms with Crippen LogP contribution in [0.5, 0.6) is 0 Å². The minimum absolute atomic E-state index is 0.00105. The number of carboxylic acid groups (broad SMARTS) is 1. The topological polar surface area (TPSA) is 63.6 Å². The van der Waals surface area contributed by atoms with Crippen LogP contribution in [0.15, 0.2) is 36.5 Å². The number of allylic oxidation sites excluding steroid dienone is 6. The molecule has 4 nitrogen and oxygen atoms in total. The fraction of sp³-hybridized carbons (Fsp3) is 0.833. The van der Waals surface area contributed by atoms with E-state index in [1.807, 2.05) is 0 Å². The predicted molar refractivity (Wildman–Crippen MR) is 227 cm³/mol. The Morgan fingerprint density at radius 3 is 1.19 bits per heavy atom. The monoisotopic (exact) mass is 729 g/mol. The van der Waals surface area contributed by atoms with Crippen molar-refractivity contribution in [3.8, 4) is 0 Å². The lowest BCUT2D eigenvalue weighted by molar-refractivity contribution is -0.148. The van der Waals surface area contributed by atoms with Crippen LogP contribution in [0.3, 0.4) is 0 Å². The summed E-state index contributed by atoms with van der Waals surface area (Å²) < 4.78 is 5.67. The fourth-order valence-corrected chi connectivity index (χ4v) is 6.90. The zero-order valence-electron chi connectivity index (χ0n) is 34.9. The molecule has 0 bridgehead atoms. The van der Waals surface area contributed by atoms with Crippen molar-refractivity contribution >= 4 is 11.9 Å². The quantitative estimate of drug-likeness (QED) is 0.0386. The first kappa shape index (κ1) is 50.2. The third kappa shape index (κ3) is 44.3. The first-order chi connectivity index (χ1) is 25.6. The fourth-order valence-electron chi connectivity index (χ4n) is 6.90. The zero-order valence-corrected chi connectivity index (χ0v) is 34.9. The normalized spacial score (nSPS) is 12.5. The lowest BCUT2D eigenvalue weighted by Gasteiger charge is -2.13. The van der Waals surface area contributed by atoms with Crippen LogP contribution in [-0.2, 0) is 14.3 Å². The minimum Gasteiger partial charge on any atom is -0.481 e. The highest BCUT2D eigenvalue weighted by Gasteiger charge is 2.09. The first-order valence-corrected chi connectivity index (χ1v) is 22.9. The molecule has 0 saturated carbocycles. The average Bonchev–Trinajstić information content (AvgIpc) is 3.12. The second kappa shape index (κ2) is 43.6. The molecule has 0 saturated heterocycles. The number of carbonyl (C=O) groups excluding carboxylic acids is 1. The average molecular weight is 729 g/mol. The molecule has 1 atom stereocenters. The Kier molecular flexibility index (Phi) is 42.0. The molecule has 0 fully saturated rings. The van der Waals surface area contributed by atoms with Crippen LogP contribution in [0.2, 0.25) is 0 Å². The molecule has 0 aromatic rings. The molecule has 4 heteroatoms. The third-order valence-electron chi connectivity index (χ3n) is 10.3. The number of rotatable bonds is 42. The summed E-state index contributed by atoms with van der Waals surface area (Å²) in [5.74, 6) is -0.661. The van der Waals surface area contributed by atoms with Gasteiger partial charge in [0.2, 0.25) is 0 Å². The maximum Gasteiger partial charge on any atom is 0.306 e. The largest absolute Gasteiger partial charge is 0.481 e. The van der Waals surface area contributed by atoms with Crippen LogP contribution in [0.1, 0.15) is 251 Å². The molecule has 0 aliphatic carbocycles. The van der Waals surface area contributed by atoms with Crippen molar-refractivity contribution in [2.24, 2.45) is 0 Å². The molecule has 52 heavy (non-hydrogen) atoms. The van der Waals surface area contributed by atoms with Gasteiger partial charge in [0.15, 0.2) is 0 Å². The number of carboxylic acids is 1. The summed E-state index contributed by atoms with van der Waals surface area (Å²) in [6.07, 6.45) is 58.9. The van der Waals surface area contributed by atoms with Crippen LogP contribution >= 0.6 is 0 Å². The second-order valence-corrected chi connectivity index (χ2v) is 15.7. The molecule has 1 unspecified atom stereocenters. The van der Waals surface area contributed by atoms with Gasteiger partial charge in [-0.15, -0.1) is 0 Å². The van der Waals surface area contributed by atoms with E-state index in [0.717, 1.165) is 38.5 Å². The number of hydrogen-bond donors (Lipinski definition) is 1. The van der Waals surface area contributed by atoms with Gasteiger partial charge in [-0.05, 0) is 90.4 Å². The van der Waals surface area contributed by atoms with E-state index in [2.05, 4.69) is 50.3 Å². The molecule has 304 valence electrons. The molecule has 0 rings (SSSR count). The van der Waals surface area contributed by atoms with Gasteiger partial charge in [0.1, 0.15) is 0 Å². The summed E-state index contributed by atoms with van der Waals surface area (Å²) in [5.41, 5.74) is 0. The predicted octanol–water partition coefficient (Wildman–Crippen LogP) is 16.1. The third-order valence-corrected chi connectivity index (χ3v) is 10.3. The van der Waals surface area contributed by atoms with E-state index in [1.165, 1.54) is 186 Å². The van der Waals surface area contributed by atoms with Gasteiger partial charge in [-0.3, -0.25) is 9.59 Å². The van der Waals surface area contributed by atoms with Gasteiger partial charge < -0.3 is 9.84 Å². The van der Waals surface area contributed by atoms with E-state index in [9.17, 15) is 9.59 Å². The number of unbranched alkanes of at least 4 members (excludes halogenated alkanes) is 29. The molecular formula is C48H88O4. The maximum absolute atomic E-state index is 12.2. The summed E-state index contributed by atoms with van der Waals surface area (Å²) in [7, 11) is 0. The summed E-state index contributed by atoms with van der Waals surface area (Å²) >= 11 is 0. The van der Waals surface area contributed by atoms with Crippen LogP contribution < -0.4 is 0 Å². The summed E-state index contributed by atoms with van der Waals surface area (Å²) in [6.45, 7) is 4.32. The van der Waals surface area contributed by atoms with Gasteiger partial charge in [0.25, 0.3) is 0 Å². The van der Waals surface area contributed by atoms with E-state index in [-0.39, 0.29) is 12.1 Å². The van der Waals surface area contributed by atoms with Crippen molar-refractivity contribution in [2.75, 3.05) is 0 Å². The Morgan fingerprint density at radius 2 is 0.769 bits per heavy atom. The molecule has 1 N–H and O–H groups in total. The summed E-state index contributed by atoms with van der Waals surface area (Å²) in [4.78, 5) is 22.7. The molecule has 0 radical (unpaired) electrons. The molecule has 0 aromatic heterocycles. The number of carbonyl (C=O) groups is 2. The lowest BCUT2D eigenvalue weighted by Crippen LogP contribution is -2.14. The van der Waals surface area contributed by atoms with Crippen molar-refractivity contribution in [1.82, 2.24) is 0 Å².